The Kier molecular flexibility index (Phi) is 6.76. The molecule has 0 saturated carbocycles. The van der Waals surface area contributed by atoms with Crippen molar-refractivity contribution in [3.05, 3.63) is 77.6 Å². The summed E-state index contributed by atoms with van der Waals surface area (Å²) in [7, 11) is 4.06. The zero-order chi connectivity index (χ0) is 26.9. The van der Waals surface area contributed by atoms with E-state index in [0.29, 0.717) is 24.6 Å². The first-order valence-corrected chi connectivity index (χ1v) is 13.3. The van der Waals surface area contributed by atoms with Crippen molar-refractivity contribution in [2.45, 2.75) is 6.42 Å². The van der Waals surface area contributed by atoms with Crippen LogP contribution in [0.25, 0.3) is 38.9 Å². The lowest BCUT2D eigenvalue weighted by Gasteiger charge is -2.11. The van der Waals surface area contributed by atoms with Crippen molar-refractivity contribution in [3.8, 4) is 44.7 Å². The van der Waals surface area contributed by atoms with Crippen molar-refractivity contribution < 1.29 is 13.5 Å². The second-order valence-corrected chi connectivity index (χ2v) is 10.5. The molecule has 1 aliphatic heterocycles. The number of hydrogen-bond donors (Lipinski definition) is 1. The molecular weight excluding hydrogens is 520 g/mol. The van der Waals surface area contributed by atoms with Crippen LogP contribution in [0.3, 0.4) is 0 Å². The highest BCUT2D eigenvalue weighted by Gasteiger charge is 2.24. The Hall–Kier alpha value is -4.22. The smallest absolute Gasteiger partial charge is 0.173 e. The van der Waals surface area contributed by atoms with E-state index in [9.17, 15) is 8.78 Å². The first-order valence-electron chi connectivity index (χ1n) is 12.4. The number of halogens is 2. The van der Waals surface area contributed by atoms with E-state index in [1.165, 1.54) is 34.5 Å². The number of nitrogens with zero attached hydrogens (tertiary/aromatic N) is 6. The van der Waals surface area contributed by atoms with Crippen LogP contribution < -0.4 is 10.1 Å². The largest absolute Gasteiger partial charge is 0.491 e. The molecule has 0 aliphatic carbocycles. The van der Waals surface area contributed by atoms with Gasteiger partial charge in [0.15, 0.2) is 11.6 Å². The number of anilines is 1. The Bertz CT molecular complexity index is 1630. The van der Waals surface area contributed by atoms with E-state index in [1.807, 2.05) is 50.6 Å². The molecule has 1 N–H and O–H groups in total. The molecule has 198 valence electrons. The third kappa shape index (κ3) is 5.10. The number of hydrogen-bond acceptors (Lipinski definition) is 8. The van der Waals surface area contributed by atoms with Crippen LogP contribution in [0.5, 0.6) is 5.75 Å². The summed E-state index contributed by atoms with van der Waals surface area (Å²) in [5.41, 5.74) is 3.47. The molecule has 0 unspecified atom stereocenters. The molecule has 0 bridgehead atoms. The number of aromatic nitrogens is 5. The van der Waals surface area contributed by atoms with Gasteiger partial charge >= 0.3 is 0 Å². The van der Waals surface area contributed by atoms with Crippen molar-refractivity contribution in [1.29, 1.82) is 0 Å². The Balaban J connectivity index is 1.33. The van der Waals surface area contributed by atoms with Gasteiger partial charge in [0, 0.05) is 47.8 Å². The maximum atomic E-state index is 14.5. The minimum atomic E-state index is -0.711. The molecule has 6 rings (SSSR count). The second kappa shape index (κ2) is 10.5. The van der Waals surface area contributed by atoms with Crippen LogP contribution >= 0.6 is 11.3 Å². The number of likely N-dealkylation sites (N-methyl/N-ethyl adjacent to an activating group) is 1. The highest BCUT2D eigenvalue weighted by molar-refractivity contribution is 7.16. The van der Waals surface area contributed by atoms with Crippen molar-refractivity contribution in [2.75, 3.05) is 39.1 Å². The van der Waals surface area contributed by atoms with E-state index in [0.717, 1.165) is 57.2 Å². The molecular formula is C28H25F2N7OS. The van der Waals surface area contributed by atoms with Crippen LogP contribution in [0.4, 0.5) is 14.6 Å². The lowest BCUT2D eigenvalue weighted by atomic mass is 10.1. The minimum Gasteiger partial charge on any atom is -0.491 e. The van der Waals surface area contributed by atoms with Gasteiger partial charge in [0.2, 0.25) is 0 Å². The normalized spacial score (nSPS) is 12.5. The van der Waals surface area contributed by atoms with Crippen LogP contribution in [-0.4, -0.2) is 63.4 Å². The molecule has 0 amide bonds. The Morgan fingerprint density at radius 1 is 1.08 bits per heavy atom. The van der Waals surface area contributed by atoms with Crippen LogP contribution in [0.2, 0.25) is 0 Å². The predicted molar refractivity (Wildman–Crippen MR) is 147 cm³/mol. The fourth-order valence-corrected chi connectivity index (χ4v) is 5.52. The Labute approximate surface area is 228 Å². The number of nitrogens with one attached hydrogen (secondary N) is 1. The number of benzene rings is 1. The summed E-state index contributed by atoms with van der Waals surface area (Å²) in [5, 5.41) is 7.52. The fourth-order valence-electron chi connectivity index (χ4n) is 4.39. The van der Waals surface area contributed by atoms with Gasteiger partial charge in [-0.1, -0.05) is 0 Å². The van der Waals surface area contributed by atoms with Gasteiger partial charge in [-0.05, 0) is 56.6 Å². The molecule has 1 aromatic carbocycles. The first-order chi connectivity index (χ1) is 19.0. The van der Waals surface area contributed by atoms with E-state index >= 15 is 0 Å². The molecule has 0 atom stereocenters. The maximum Gasteiger partial charge on any atom is 0.173 e. The van der Waals surface area contributed by atoms with Crippen LogP contribution in [0.1, 0.15) is 4.88 Å². The van der Waals surface area contributed by atoms with Crippen molar-refractivity contribution in [3.63, 3.8) is 0 Å². The zero-order valence-electron chi connectivity index (χ0n) is 21.4. The zero-order valence-corrected chi connectivity index (χ0v) is 22.2. The van der Waals surface area contributed by atoms with Crippen molar-refractivity contribution in [2.24, 2.45) is 0 Å². The minimum absolute atomic E-state index is 0.129. The number of thiophene rings is 1. The molecule has 8 nitrogen and oxygen atoms in total. The summed E-state index contributed by atoms with van der Waals surface area (Å²) in [6.07, 6.45) is 3.87. The van der Waals surface area contributed by atoms with E-state index in [4.69, 9.17) is 9.72 Å². The van der Waals surface area contributed by atoms with Crippen molar-refractivity contribution in [1.82, 2.24) is 29.6 Å². The molecule has 0 spiro atoms. The van der Waals surface area contributed by atoms with Gasteiger partial charge in [-0.3, -0.25) is 0 Å². The van der Waals surface area contributed by atoms with Crippen LogP contribution in [0.15, 0.2) is 61.1 Å². The summed E-state index contributed by atoms with van der Waals surface area (Å²) in [6, 6.07) is 13.2. The van der Waals surface area contributed by atoms with E-state index < -0.39 is 11.6 Å². The second-order valence-electron chi connectivity index (χ2n) is 9.34. The van der Waals surface area contributed by atoms with Crippen molar-refractivity contribution >= 4 is 17.2 Å². The predicted octanol–water partition coefficient (Wildman–Crippen LogP) is 5.31. The van der Waals surface area contributed by atoms with Gasteiger partial charge in [-0.2, -0.15) is 5.10 Å². The molecule has 4 aromatic heterocycles. The summed E-state index contributed by atoms with van der Waals surface area (Å²) < 4.78 is 35.4. The Morgan fingerprint density at radius 2 is 1.97 bits per heavy atom. The lowest BCUT2D eigenvalue weighted by Crippen LogP contribution is -2.21. The highest BCUT2D eigenvalue weighted by atomic mass is 32.1. The summed E-state index contributed by atoms with van der Waals surface area (Å²) in [5.74, 6) is 0.619. The molecule has 0 radical (unpaired) electrons. The molecule has 0 saturated heterocycles. The lowest BCUT2D eigenvalue weighted by molar-refractivity contribution is 0.326. The van der Waals surface area contributed by atoms with E-state index in [-0.39, 0.29) is 5.69 Å². The topological polar surface area (TPSA) is 81.0 Å². The van der Waals surface area contributed by atoms with E-state index in [1.54, 1.807) is 0 Å². The Morgan fingerprint density at radius 3 is 2.77 bits per heavy atom. The summed E-state index contributed by atoms with van der Waals surface area (Å²) in [4.78, 5) is 17.9. The quantitative estimate of drug-likeness (QED) is 0.297. The molecule has 0 fully saturated rings. The average Bonchev–Trinajstić information content (AvgIpc) is 3.53. The van der Waals surface area contributed by atoms with Gasteiger partial charge in [0.05, 0.1) is 17.2 Å². The maximum absolute atomic E-state index is 14.5. The van der Waals surface area contributed by atoms with Gasteiger partial charge in [-0.15, -0.1) is 11.3 Å². The van der Waals surface area contributed by atoms with E-state index in [2.05, 4.69) is 25.3 Å². The number of pyridine rings is 2. The van der Waals surface area contributed by atoms with Crippen LogP contribution in [-0.2, 0) is 6.42 Å². The van der Waals surface area contributed by atoms with Gasteiger partial charge in [-0.25, -0.2) is 28.4 Å². The SMILES string of the molecule is CN(C)CCNc1ccc(-c2ccc3c(n2)-c2cc(-c4ncnn4-c4ccc(F)cc4F)sc2CCO3)cn1. The molecule has 5 heterocycles. The highest BCUT2D eigenvalue weighted by Crippen LogP contribution is 2.42. The van der Waals surface area contributed by atoms with Crippen LogP contribution in [0, 0.1) is 11.6 Å². The molecule has 5 aromatic rings. The molecule has 11 heteroatoms. The number of rotatable bonds is 7. The standard InChI is InChI=1S/C28H25F2N7OS/c1-36(2)11-10-31-26-8-3-17(15-32-26)21-5-7-23-27(35-21)19-14-25(39-24(19)9-12-38-23)28-33-16-34-37(28)22-6-4-18(29)13-20(22)30/h3-8,13-16H,9-12H2,1-2H3,(H,31,32). The van der Waals surface area contributed by atoms with Gasteiger partial charge < -0.3 is 15.0 Å². The molecule has 39 heavy (non-hydrogen) atoms. The molecule has 1 aliphatic rings. The van der Waals surface area contributed by atoms with Gasteiger partial charge in [0.25, 0.3) is 0 Å². The van der Waals surface area contributed by atoms with Gasteiger partial charge in [0.1, 0.15) is 35.1 Å². The fraction of sp³-hybridized carbons (Fsp3) is 0.214. The number of ether oxygens (including phenoxy) is 1. The monoisotopic (exact) mass is 545 g/mol. The third-order valence-electron chi connectivity index (χ3n) is 6.34. The average molecular weight is 546 g/mol. The number of fused-ring (bicyclic) bond motifs is 3. The summed E-state index contributed by atoms with van der Waals surface area (Å²) >= 11 is 1.54. The third-order valence-corrected chi connectivity index (χ3v) is 7.53. The summed E-state index contributed by atoms with van der Waals surface area (Å²) in [6.45, 7) is 2.23. The first kappa shape index (κ1) is 25.1.